The van der Waals surface area contributed by atoms with Crippen LogP contribution in [0, 0.1) is 6.92 Å². The lowest BCUT2D eigenvalue weighted by molar-refractivity contribution is -0.120. The van der Waals surface area contributed by atoms with Crippen LogP contribution in [0.1, 0.15) is 35.3 Å². The smallest absolute Gasteiger partial charge is 0.335 e. The van der Waals surface area contributed by atoms with Gasteiger partial charge in [-0.2, -0.15) is 0 Å². The predicted molar refractivity (Wildman–Crippen MR) is 97.2 cm³/mol. The number of hydrogen-bond acceptors (Lipinski definition) is 4. The summed E-state index contributed by atoms with van der Waals surface area (Å²) in [5.74, 6) is 0.0197. The predicted octanol–water partition coefficient (Wildman–Crippen LogP) is 3.38. The van der Waals surface area contributed by atoms with Gasteiger partial charge in [-0.05, 0) is 56.2 Å². The van der Waals surface area contributed by atoms with E-state index in [1.54, 1.807) is 12.1 Å². The first-order chi connectivity index (χ1) is 12.3. The van der Waals surface area contributed by atoms with E-state index < -0.39 is 11.4 Å². The topological polar surface area (TPSA) is 84.9 Å². The number of benzene rings is 2. The molecule has 0 unspecified atom stereocenters. The van der Waals surface area contributed by atoms with Crippen molar-refractivity contribution in [3.05, 3.63) is 53.1 Å². The molecular weight excluding hydrogens is 334 g/mol. The maximum absolute atomic E-state index is 12.9. The third-order valence-corrected chi connectivity index (χ3v) is 4.56. The van der Waals surface area contributed by atoms with Gasteiger partial charge in [0, 0.05) is 5.69 Å². The number of nitrogens with one attached hydrogen (secondary N) is 1. The summed E-state index contributed by atoms with van der Waals surface area (Å²) >= 11 is 0. The summed E-state index contributed by atoms with van der Waals surface area (Å²) in [5.41, 5.74) is 1.35. The molecule has 6 heteroatoms. The van der Waals surface area contributed by atoms with Crippen molar-refractivity contribution >= 4 is 17.6 Å². The monoisotopic (exact) mass is 355 g/mol. The Hall–Kier alpha value is -3.02. The second-order valence-electron chi connectivity index (χ2n) is 6.77. The lowest BCUT2D eigenvalue weighted by atomic mass is 9.83. The number of carbonyl (C=O) groups excluding carboxylic acids is 1. The zero-order valence-corrected chi connectivity index (χ0v) is 15.0. The van der Waals surface area contributed by atoms with E-state index in [9.17, 15) is 9.59 Å². The molecule has 1 amide bonds. The number of carboxylic acids is 1. The third-order valence-electron chi connectivity index (χ3n) is 4.56. The highest BCUT2D eigenvalue weighted by atomic mass is 16.6. The number of fused-ring (bicyclic) bond motifs is 1. The van der Waals surface area contributed by atoms with Gasteiger partial charge in [0.25, 0.3) is 0 Å². The number of anilines is 1. The molecule has 6 nitrogen and oxygen atoms in total. The Bertz CT molecular complexity index is 873. The van der Waals surface area contributed by atoms with Gasteiger partial charge in [-0.15, -0.1) is 0 Å². The fraction of sp³-hybridized carbons (Fsp3) is 0.300. The maximum atomic E-state index is 12.9. The number of aryl methyl sites for hydroxylation is 1. The first kappa shape index (κ1) is 17.8. The van der Waals surface area contributed by atoms with Crippen LogP contribution in [0.4, 0.5) is 5.69 Å². The van der Waals surface area contributed by atoms with Crippen LogP contribution in [-0.2, 0) is 10.2 Å². The van der Waals surface area contributed by atoms with E-state index in [1.165, 1.54) is 12.1 Å². The molecular formula is C20H21NO5. The minimum atomic E-state index is -1.04. The van der Waals surface area contributed by atoms with Crippen molar-refractivity contribution in [1.29, 1.82) is 0 Å². The van der Waals surface area contributed by atoms with Crippen molar-refractivity contribution in [3.63, 3.8) is 0 Å². The number of hydrogen-bond donors (Lipinski definition) is 2. The van der Waals surface area contributed by atoms with E-state index in [2.05, 4.69) is 5.32 Å². The van der Waals surface area contributed by atoms with Crippen LogP contribution in [0.2, 0.25) is 0 Å². The summed E-state index contributed by atoms with van der Waals surface area (Å²) in [4.78, 5) is 24.1. The van der Waals surface area contributed by atoms with Gasteiger partial charge in [0.2, 0.25) is 5.91 Å². The summed E-state index contributed by atoms with van der Waals surface area (Å²) in [5, 5.41) is 12.0. The van der Waals surface area contributed by atoms with E-state index in [1.807, 2.05) is 32.9 Å². The Morgan fingerprint density at radius 1 is 1.04 bits per heavy atom. The molecule has 0 atom stereocenters. The average molecular weight is 355 g/mol. The van der Waals surface area contributed by atoms with E-state index in [4.69, 9.17) is 14.6 Å². The minimum absolute atomic E-state index is 0.128. The van der Waals surface area contributed by atoms with Crippen LogP contribution >= 0.6 is 0 Å². The molecule has 2 aromatic rings. The molecule has 136 valence electrons. The van der Waals surface area contributed by atoms with E-state index >= 15 is 0 Å². The number of amides is 1. The molecule has 0 saturated heterocycles. The van der Waals surface area contributed by atoms with E-state index in [0.717, 1.165) is 11.1 Å². The quantitative estimate of drug-likeness (QED) is 0.878. The molecule has 1 aliphatic rings. The lowest BCUT2D eigenvalue weighted by Crippen LogP contribution is -2.35. The van der Waals surface area contributed by atoms with Crippen LogP contribution in [0.15, 0.2) is 36.4 Å². The second kappa shape index (κ2) is 6.71. The van der Waals surface area contributed by atoms with Crippen LogP contribution in [0.3, 0.4) is 0 Å². The largest absolute Gasteiger partial charge is 0.486 e. The third kappa shape index (κ3) is 3.35. The standard InChI is InChI=1S/C20H21NO5/c1-12-4-5-13(18(22)23)10-15(12)21-19(24)20(2,3)14-6-7-16-17(11-14)26-9-8-25-16/h4-7,10-11H,8-9H2,1-3H3,(H,21,24)(H,22,23). The molecule has 0 saturated carbocycles. The minimum Gasteiger partial charge on any atom is -0.486 e. The molecule has 26 heavy (non-hydrogen) atoms. The molecule has 2 N–H and O–H groups in total. The van der Waals surface area contributed by atoms with Crippen molar-refractivity contribution in [2.24, 2.45) is 0 Å². The van der Waals surface area contributed by atoms with E-state index in [0.29, 0.717) is 30.4 Å². The Morgan fingerprint density at radius 2 is 1.73 bits per heavy atom. The molecule has 0 bridgehead atoms. The SMILES string of the molecule is Cc1ccc(C(=O)O)cc1NC(=O)C(C)(C)c1ccc2c(c1)OCCO2. The van der Waals surface area contributed by atoms with Crippen LogP contribution in [0.5, 0.6) is 11.5 Å². The number of carboxylic acid groups (broad SMARTS) is 1. The summed E-state index contributed by atoms with van der Waals surface area (Å²) in [6, 6.07) is 10.1. The molecule has 0 aliphatic carbocycles. The van der Waals surface area contributed by atoms with Crippen molar-refractivity contribution in [3.8, 4) is 11.5 Å². The molecule has 0 fully saturated rings. The fourth-order valence-corrected chi connectivity index (χ4v) is 2.73. The summed E-state index contributed by atoms with van der Waals surface area (Å²) < 4.78 is 11.1. The maximum Gasteiger partial charge on any atom is 0.335 e. The van der Waals surface area contributed by atoms with Crippen molar-refractivity contribution in [1.82, 2.24) is 0 Å². The molecule has 2 aromatic carbocycles. The second-order valence-corrected chi connectivity index (χ2v) is 6.77. The summed E-state index contributed by atoms with van der Waals surface area (Å²) in [7, 11) is 0. The van der Waals surface area contributed by atoms with Crippen LogP contribution < -0.4 is 14.8 Å². The Kier molecular flexibility index (Phi) is 4.59. The number of aromatic carboxylic acids is 1. The molecule has 3 rings (SSSR count). The van der Waals surface area contributed by atoms with Gasteiger partial charge in [-0.3, -0.25) is 4.79 Å². The molecule has 0 radical (unpaired) electrons. The Balaban J connectivity index is 1.87. The van der Waals surface area contributed by atoms with Crippen molar-refractivity contribution in [2.75, 3.05) is 18.5 Å². The number of ether oxygens (including phenoxy) is 2. The average Bonchev–Trinajstić information content (AvgIpc) is 2.62. The Morgan fingerprint density at radius 3 is 2.42 bits per heavy atom. The van der Waals surface area contributed by atoms with Gasteiger partial charge in [-0.1, -0.05) is 12.1 Å². The number of carbonyl (C=O) groups is 2. The van der Waals surface area contributed by atoms with Gasteiger partial charge >= 0.3 is 5.97 Å². The highest BCUT2D eigenvalue weighted by Crippen LogP contribution is 2.35. The van der Waals surface area contributed by atoms with Gasteiger partial charge in [-0.25, -0.2) is 4.79 Å². The fourth-order valence-electron chi connectivity index (χ4n) is 2.73. The van der Waals surface area contributed by atoms with E-state index in [-0.39, 0.29) is 11.5 Å². The summed E-state index contributed by atoms with van der Waals surface area (Å²) in [6.07, 6.45) is 0. The molecule has 0 aromatic heterocycles. The first-order valence-electron chi connectivity index (χ1n) is 8.34. The van der Waals surface area contributed by atoms with Gasteiger partial charge in [0.15, 0.2) is 11.5 Å². The number of rotatable bonds is 4. The lowest BCUT2D eigenvalue weighted by Gasteiger charge is -2.27. The van der Waals surface area contributed by atoms with Crippen LogP contribution in [0.25, 0.3) is 0 Å². The first-order valence-corrected chi connectivity index (χ1v) is 8.34. The highest BCUT2D eigenvalue weighted by molar-refractivity contribution is 6.00. The van der Waals surface area contributed by atoms with Crippen LogP contribution in [-0.4, -0.2) is 30.2 Å². The highest BCUT2D eigenvalue weighted by Gasteiger charge is 2.31. The van der Waals surface area contributed by atoms with Crippen molar-refractivity contribution < 1.29 is 24.2 Å². The normalized spacial score (nSPS) is 13.2. The Labute approximate surface area is 151 Å². The zero-order valence-electron chi connectivity index (χ0n) is 15.0. The van der Waals surface area contributed by atoms with Gasteiger partial charge in [0.1, 0.15) is 13.2 Å². The summed E-state index contributed by atoms with van der Waals surface area (Å²) in [6.45, 7) is 6.42. The van der Waals surface area contributed by atoms with Crippen molar-refractivity contribution in [2.45, 2.75) is 26.2 Å². The van der Waals surface area contributed by atoms with Gasteiger partial charge in [0.05, 0.1) is 11.0 Å². The molecule has 0 spiro atoms. The van der Waals surface area contributed by atoms with Gasteiger partial charge < -0.3 is 19.9 Å². The molecule has 1 aliphatic heterocycles. The zero-order chi connectivity index (χ0) is 18.9. The molecule has 1 heterocycles.